The van der Waals surface area contributed by atoms with Crippen molar-refractivity contribution in [3.05, 3.63) is 62.0 Å². The SMILES string of the molecule is C[S@](=O)CC(=O)NCc1ccc(NC[C@](O)(c2cc(Cl)cc(Cl)c2)C(F)(F)F)cc1Br. The summed E-state index contributed by atoms with van der Waals surface area (Å²) < 4.78 is 52.7. The highest BCUT2D eigenvalue weighted by Crippen LogP contribution is 2.41. The minimum Gasteiger partial charge on any atom is -0.381 e. The lowest BCUT2D eigenvalue weighted by Crippen LogP contribution is -2.47. The van der Waals surface area contributed by atoms with E-state index in [0.29, 0.717) is 15.7 Å². The molecule has 0 heterocycles. The third-order valence-corrected chi connectivity index (χ3v) is 6.06. The molecular formula is C19H18BrCl2F3N2O3S. The Bertz CT molecular complexity index is 974. The molecule has 0 spiro atoms. The second-order valence-corrected chi connectivity index (χ2v) is 9.83. The van der Waals surface area contributed by atoms with Crippen LogP contribution in [0.4, 0.5) is 18.9 Å². The number of aliphatic hydroxyl groups is 1. The third kappa shape index (κ3) is 7.08. The Balaban J connectivity index is 2.16. The summed E-state index contributed by atoms with van der Waals surface area (Å²) in [6, 6.07) is 7.90. The largest absolute Gasteiger partial charge is 0.423 e. The number of halogens is 6. The summed E-state index contributed by atoms with van der Waals surface area (Å²) in [7, 11) is -1.27. The van der Waals surface area contributed by atoms with Gasteiger partial charge in [-0.3, -0.25) is 9.00 Å². The summed E-state index contributed by atoms with van der Waals surface area (Å²) in [5.41, 5.74) is -2.77. The molecule has 0 aliphatic carbocycles. The fourth-order valence-corrected chi connectivity index (χ4v) is 4.13. The minimum atomic E-state index is -5.01. The first-order valence-corrected chi connectivity index (χ1v) is 11.9. The van der Waals surface area contributed by atoms with E-state index >= 15 is 0 Å². The highest BCUT2D eigenvalue weighted by Gasteiger charge is 2.55. The number of carbonyl (C=O) groups is 1. The average Bonchev–Trinajstić information content (AvgIpc) is 2.63. The van der Waals surface area contributed by atoms with Crippen molar-refractivity contribution < 1.29 is 27.3 Å². The van der Waals surface area contributed by atoms with Crippen LogP contribution >= 0.6 is 39.1 Å². The molecule has 2 aromatic carbocycles. The van der Waals surface area contributed by atoms with Crippen molar-refractivity contribution in [3.8, 4) is 0 Å². The van der Waals surface area contributed by atoms with E-state index in [1.165, 1.54) is 24.5 Å². The van der Waals surface area contributed by atoms with E-state index in [1.54, 1.807) is 6.07 Å². The lowest BCUT2D eigenvalue weighted by molar-refractivity contribution is -0.260. The molecule has 0 aliphatic heterocycles. The number of alkyl halides is 3. The molecule has 0 fully saturated rings. The smallest absolute Gasteiger partial charge is 0.381 e. The van der Waals surface area contributed by atoms with Gasteiger partial charge in [0.1, 0.15) is 5.75 Å². The molecule has 1 amide bonds. The molecule has 0 bridgehead atoms. The van der Waals surface area contributed by atoms with E-state index in [4.69, 9.17) is 23.2 Å². The Morgan fingerprint density at radius 2 is 1.77 bits per heavy atom. The maximum absolute atomic E-state index is 13.7. The molecule has 0 saturated carbocycles. The van der Waals surface area contributed by atoms with Crippen LogP contribution in [0.2, 0.25) is 10.0 Å². The second-order valence-electron chi connectivity index (χ2n) is 6.67. The summed E-state index contributed by atoms with van der Waals surface area (Å²) in [6.45, 7) is -0.748. The average molecular weight is 562 g/mol. The summed E-state index contributed by atoms with van der Waals surface area (Å²) in [5.74, 6) is -0.508. The molecule has 0 aromatic heterocycles. The Kier molecular flexibility index (Phi) is 8.80. The van der Waals surface area contributed by atoms with Crippen LogP contribution in [-0.2, 0) is 27.7 Å². The van der Waals surface area contributed by atoms with E-state index in [9.17, 15) is 27.3 Å². The first kappa shape index (κ1) is 25.9. The zero-order valence-corrected chi connectivity index (χ0v) is 19.9. The van der Waals surface area contributed by atoms with Crippen molar-refractivity contribution in [1.82, 2.24) is 5.32 Å². The van der Waals surface area contributed by atoms with E-state index in [-0.39, 0.29) is 28.3 Å². The van der Waals surface area contributed by atoms with E-state index in [0.717, 1.165) is 12.1 Å². The zero-order chi connectivity index (χ0) is 23.4. The molecule has 3 N–H and O–H groups in total. The normalized spacial score (nSPS) is 14.6. The standard InChI is InChI=1S/C19H18BrCl2F3N2O3S/c1-31(30)9-17(28)26-8-11-2-3-15(7-16(11)20)27-10-18(29,19(23,24)25)12-4-13(21)6-14(22)5-12/h2-7,27,29H,8-10H2,1H3,(H,26,28)/t18-,31-/m0/s1. The lowest BCUT2D eigenvalue weighted by Gasteiger charge is -2.32. The molecule has 2 atom stereocenters. The van der Waals surface area contributed by atoms with Gasteiger partial charge in [0.25, 0.3) is 0 Å². The highest BCUT2D eigenvalue weighted by molar-refractivity contribution is 9.10. The molecule has 170 valence electrons. The molecule has 0 aliphatic rings. The number of rotatable bonds is 8. The first-order valence-electron chi connectivity index (χ1n) is 8.66. The van der Waals surface area contributed by atoms with Gasteiger partial charge in [0.05, 0.1) is 6.54 Å². The van der Waals surface area contributed by atoms with Gasteiger partial charge in [0, 0.05) is 43.8 Å². The van der Waals surface area contributed by atoms with Gasteiger partial charge in [0.2, 0.25) is 11.5 Å². The quantitative estimate of drug-likeness (QED) is 0.440. The Hall–Kier alpha value is -1.33. The molecule has 0 saturated heterocycles. The van der Waals surface area contributed by atoms with E-state index in [2.05, 4.69) is 26.6 Å². The number of hydrogen-bond acceptors (Lipinski definition) is 4. The predicted molar refractivity (Wildman–Crippen MR) is 120 cm³/mol. The highest BCUT2D eigenvalue weighted by atomic mass is 79.9. The molecule has 5 nitrogen and oxygen atoms in total. The van der Waals surface area contributed by atoms with Gasteiger partial charge in [-0.25, -0.2) is 0 Å². The monoisotopic (exact) mass is 560 g/mol. The van der Waals surface area contributed by atoms with Gasteiger partial charge < -0.3 is 15.7 Å². The minimum absolute atomic E-state index is 0.0359. The van der Waals surface area contributed by atoms with Gasteiger partial charge >= 0.3 is 6.18 Å². The summed E-state index contributed by atoms with van der Waals surface area (Å²) in [5, 5.41) is 15.6. The van der Waals surface area contributed by atoms with Crippen molar-refractivity contribution in [3.63, 3.8) is 0 Å². The molecule has 2 rings (SSSR count). The fraction of sp³-hybridized carbons (Fsp3) is 0.316. The van der Waals surface area contributed by atoms with Crippen LogP contribution in [0.25, 0.3) is 0 Å². The molecule has 12 heteroatoms. The Morgan fingerprint density at radius 1 is 1.16 bits per heavy atom. The number of anilines is 1. The van der Waals surface area contributed by atoms with Gasteiger partial charge in [-0.05, 0) is 41.5 Å². The number of amides is 1. The second kappa shape index (κ2) is 10.5. The van der Waals surface area contributed by atoms with Crippen molar-refractivity contribution in [1.29, 1.82) is 0 Å². The summed E-state index contributed by atoms with van der Waals surface area (Å²) in [6.07, 6.45) is -3.59. The maximum atomic E-state index is 13.7. The summed E-state index contributed by atoms with van der Waals surface area (Å²) in [4.78, 5) is 11.6. The molecule has 0 radical (unpaired) electrons. The van der Waals surface area contributed by atoms with Crippen molar-refractivity contribution in [2.45, 2.75) is 18.3 Å². The number of hydrogen-bond donors (Lipinski definition) is 3. The van der Waals surface area contributed by atoms with Crippen LogP contribution in [0, 0.1) is 0 Å². The van der Waals surface area contributed by atoms with Crippen LogP contribution in [-0.4, -0.2) is 40.0 Å². The lowest BCUT2D eigenvalue weighted by atomic mass is 9.92. The zero-order valence-electron chi connectivity index (χ0n) is 16.0. The van der Waals surface area contributed by atoms with Crippen LogP contribution in [0.15, 0.2) is 40.9 Å². The van der Waals surface area contributed by atoms with Gasteiger partial charge in [-0.15, -0.1) is 0 Å². The van der Waals surface area contributed by atoms with Gasteiger partial charge in [-0.2, -0.15) is 13.2 Å². The van der Waals surface area contributed by atoms with Crippen LogP contribution < -0.4 is 10.6 Å². The Labute approximate surface area is 197 Å². The van der Waals surface area contributed by atoms with Gasteiger partial charge in [-0.1, -0.05) is 45.2 Å². The number of nitrogens with one attached hydrogen (secondary N) is 2. The number of carbonyl (C=O) groups excluding carboxylic acids is 1. The topological polar surface area (TPSA) is 78.4 Å². The molecule has 0 unspecified atom stereocenters. The van der Waals surface area contributed by atoms with E-state index in [1.807, 2.05) is 0 Å². The first-order chi connectivity index (χ1) is 14.3. The van der Waals surface area contributed by atoms with Crippen molar-refractivity contribution in [2.75, 3.05) is 23.9 Å². The Morgan fingerprint density at radius 3 is 2.29 bits per heavy atom. The maximum Gasteiger partial charge on any atom is 0.423 e. The number of benzene rings is 2. The van der Waals surface area contributed by atoms with Crippen molar-refractivity contribution in [2.24, 2.45) is 0 Å². The molecule has 2 aromatic rings. The van der Waals surface area contributed by atoms with Crippen LogP contribution in [0.3, 0.4) is 0 Å². The summed E-state index contributed by atoms with van der Waals surface area (Å²) >= 11 is 14.9. The fourth-order valence-electron chi connectivity index (χ4n) is 2.62. The molecular weight excluding hydrogens is 544 g/mol. The van der Waals surface area contributed by atoms with Gasteiger partial charge in [0.15, 0.2) is 0 Å². The molecule has 31 heavy (non-hydrogen) atoms. The van der Waals surface area contributed by atoms with Crippen LogP contribution in [0.1, 0.15) is 11.1 Å². The predicted octanol–water partition coefficient (Wildman–Crippen LogP) is 4.61. The van der Waals surface area contributed by atoms with Crippen molar-refractivity contribution >= 4 is 61.5 Å². The van der Waals surface area contributed by atoms with E-state index < -0.39 is 34.7 Å². The van der Waals surface area contributed by atoms with Crippen LogP contribution in [0.5, 0.6) is 0 Å². The third-order valence-electron chi connectivity index (χ3n) is 4.22.